The van der Waals surface area contributed by atoms with Crippen LogP contribution in [0, 0.1) is 35.5 Å². The zero-order valence-corrected chi connectivity index (χ0v) is 15.1. The zero-order chi connectivity index (χ0) is 16.5. The second-order valence-corrected chi connectivity index (χ2v) is 10.1. The number of halogens is 4. The van der Waals surface area contributed by atoms with Gasteiger partial charge in [0.25, 0.3) is 0 Å². The third-order valence-corrected chi connectivity index (χ3v) is 11.6. The summed E-state index contributed by atoms with van der Waals surface area (Å²) in [6, 6.07) is 0. The number of hydrogen-bond donors (Lipinski definition) is 0. The number of fused-ring (bicyclic) bond motifs is 14. The minimum Gasteiger partial charge on any atom is -0.350 e. The molecule has 0 aromatic heterocycles. The summed E-state index contributed by atoms with van der Waals surface area (Å²) in [5.41, 5.74) is 0. The van der Waals surface area contributed by atoms with Gasteiger partial charge in [0.15, 0.2) is 0 Å². The molecule has 0 saturated heterocycles. The van der Waals surface area contributed by atoms with Gasteiger partial charge >= 0.3 is 0 Å². The molecule has 5 aliphatic rings. The Morgan fingerprint density at radius 1 is 0.739 bits per heavy atom. The lowest BCUT2D eigenvalue weighted by Crippen LogP contribution is -2.96. The van der Waals surface area contributed by atoms with Gasteiger partial charge in [0.1, 0.15) is 31.1 Å². The summed E-state index contributed by atoms with van der Waals surface area (Å²) in [6.45, 7) is 0. The Hall–Kier alpha value is 0.420. The lowest BCUT2D eigenvalue weighted by atomic mass is 9.26. The molecular weight excluding hydrogens is 386 g/mol. The third-order valence-electron chi connectivity index (χ3n) is 8.05. The van der Waals surface area contributed by atoms with Crippen molar-refractivity contribution < 1.29 is 19.1 Å². The van der Waals surface area contributed by atoms with Gasteiger partial charge in [0, 0.05) is 37.9 Å². The van der Waals surface area contributed by atoms with Gasteiger partial charge in [-0.05, 0) is 0 Å². The van der Waals surface area contributed by atoms with Crippen LogP contribution < -0.4 is 0 Å². The number of ether oxygens (including phenoxy) is 2. The first-order valence-corrected chi connectivity index (χ1v) is 9.13. The monoisotopic (exact) mass is 396 g/mol. The van der Waals surface area contributed by atoms with Gasteiger partial charge in [-0.25, -0.2) is 0 Å². The Balaban J connectivity index is 1.80. The Morgan fingerprint density at radius 3 is 1.39 bits per heavy atom. The number of carbonyl (C=O) groups excluding carboxylic acids is 2. The molecule has 0 aromatic carbocycles. The molecule has 0 aliphatic heterocycles. The van der Waals surface area contributed by atoms with Crippen LogP contribution >= 0.6 is 46.4 Å². The molecule has 0 N–H and O–H groups in total. The summed E-state index contributed by atoms with van der Waals surface area (Å²) in [4.78, 5) is 20.6. The first-order chi connectivity index (χ1) is 10.7. The van der Waals surface area contributed by atoms with Crippen LogP contribution in [0.2, 0.25) is 0 Å². The predicted octanol–water partition coefficient (Wildman–Crippen LogP) is 1.80. The molecule has 4 nitrogen and oxygen atoms in total. The maximum atomic E-state index is 12.9. The number of methoxy groups -OCH3 is 2. The first-order valence-electron chi connectivity index (χ1n) is 7.61. The molecule has 0 heterocycles. The highest BCUT2D eigenvalue weighted by Gasteiger charge is 3.12. The fraction of sp³-hybridized carbons (Fsp3) is 0.867. The molecule has 0 spiro atoms. The van der Waals surface area contributed by atoms with E-state index in [0.29, 0.717) is 0 Å². The van der Waals surface area contributed by atoms with Gasteiger partial charge in [-0.15, -0.1) is 46.4 Å². The van der Waals surface area contributed by atoms with Crippen molar-refractivity contribution in [3.8, 4) is 0 Å². The summed E-state index contributed by atoms with van der Waals surface area (Å²) in [5, 5.41) is 0. The van der Waals surface area contributed by atoms with E-state index in [-0.39, 0.29) is 23.4 Å². The zero-order valence-electron chi connectivity index (χ0n) is 12.1. The van der Waals surface area contributed by atoms with Crippen molar-refractivity contribution in [2.45, 2.75) is 25.3 Å². The highest BCUT2D eigenvalue weighted by molar-refractivity contribution is 6.53. The topological polar surface area (TPSA) is 52.6 Å². The summed E-state index contributed by atoms with van der Waals surface area (Å²) >= 11 is 28.3. The van der Waals surface area contributed by atoms with E-state index in [0.717, 1.165) is 0 Å². The predicted molar refractivity (Wildman–Crippen MR) is 82.0 cm³/mol. The molecule has 5 aliphatic carbocycles. The van der Waals surface area contributed by atoms with Crippen molar-refractivity contribution in [1.82, 2.24) is 0 Å². The second-order valence-electron chi connectivity index (χ2n) is 7.74. The Bertz CT molecular complexity index is 696. The van der Waals surface area contributed by atoms with Crippen LogP contribution in [0.25, 0.3) is 0 Å². The van der Waals surface area contributed by atoms with Crippen molar-refractivity contribution >= 4 is 58.0 Å². The molecule has 0 aromatic rings. The molecule has 5 saturated carbocycles. The number of ketones is 2. The van der Waals surface area contributed by atoms with Crippen molar-refractivity contribution in [3.05, 3.63) is 0 Å². The molecule has 0 unspecified atom stereocenters. The third kappa shape index (κ3) is 0.753. The van der Waals surface area contributed by atoms with Crippen LogP contribution in [-0.4, -0.2) is 51.1 Å². The number of alkyl halides is 4. The van der Waals surface area contributed by atoms with Gasteiger partial charge in [0.05, 0.1) is 11.8 Å². The Morgan fingerprint density at radius 2 is 1.09 bits per heavy atom. The van der Waals surface area contributed by atoms with E-state index in [4.69, 9.17) is 55.9 Å². The van der Waals surface area contributed by atoms with Crippen molar-refractivity contribution in [3.63, 3.8) is 0 Å². The van der Waals surface area contributed by atoms with Gasteiger partial charge in [-0.1, -0.05) is 0 Å². The largest absolute Gasteiger partial charge is 0.350 e. The molecule has 0 amide bonds. The minimum absolute atomic E-state index is 0.0186. The molecule has 5 fully saturated rings. The van der Waals surface area contributed by atoms with Crippen LogP contribution in [0.4, 0.5) is 0 Å². The molecule has 2 bridgehead atoms. The average Bonchev–Trinajstić information content (AvgIpc) is 2.67. The smallest absolute Gasteiger partial charge is 0.211 e. The first kappa shape index (κ1) is 14.6. The van der Waals surface area contributed by atoms with E-state index in [9.17, 15) is 9.59 Å². The van der Waals surface area contributed by atoms with E-state index in [1.54, 1.807) is 0 Å². The summed E-state index contributed by atoms with van der Waals surface area (Å²) < 4.78 is 11.5. The quantitative estimate of drug-likeness (QED) is 0.405. The number of rotatable bonds is 2. The van der Waals surface area contributed by atoms with Gasteiger partial charge in [0.2, 0.25) is 5.79 Å². The fourth-order valence-electron chi connectivity index (χ4n) is 7.72. The van der Waals surface area contributed by atoms with E-state index >= 15 is 0 Å². The summed E-state index contributed by atoms with van der Waals surface area (Å²) in [5.74, 6) is -4.32. The normalized spacial score (nSPS) is 70.9. The molecule has 124 valence electrons. The lowest BCUT2D eigenvalue weighted by Gasteiger charge is -2.81. The van der Waals surface area contributed by atoms with Crippen LogP contribution in [0.5, 0.6) is 0 Å². The average molecular weight is 398 g/mol. The van der Waals surface area contributed by atoms with E-state index in [2.05, 4.69) is 0 Å². The van der Waals surface area contributed by atoms with Gasteiger partial charge in [-0.3, -0.25) is 9.59 Å². The molecular formula is C15H12Cl4O4. The molecule has 23 heavy (non-hydrogen) atoms. The Kier molecular flexibility index (Phi) is 2.05. The van der Waals surface area contributed by atoms with E-state index in [1.165, 1.54) is 14.2 Å². The van der Waals surface area contributed by atoms with Crippen LogP contribution in [0.1, 0.15) is 0 Å². The van der Waals surface area contributed by atoms with Gasteiger partial charge < -0.3 is 9.47 Å². The van der Waals surface area contributed by atoms with Crippen LogP contribution in [0.3, 0.4) is 0 Å². The van der Waals surface area contributed by atoms with Crippen molar-refractivity contribution in [1.29, 1.82) is 0 Å². The van der Waals surface area contributed by atoms with Crippen LogP contribution in [-0.2, 0) is 19.1 Å². The Labute approximate surface area is 152 Å². The fourth-order valence-corrected chi connectivity index (χ4v) is 11.1. The van der Waals surface area contributed by atoms with E-state index < -0.39 is 49.0 Å². The highest BCUT2D eigenvalue weighted by Crippen LogP contribution is 2.97. The van der Waals surface area contributed by atoms with Crippen molar-refractivity contribution in [2.24, 2.45) is 35.5 Å². The summed E-state index contributed by atoms with van der Waals surface area (Å²) in [7, 11) is 2.93. The highest BCUT2D eigenvalue weighted by atomic mass is 35.5. The molecule has 0 radical (unpaired) electrons. The molecule has 5 rings (SSSR count). The minimum atomic E-state index is -1.43. The molecule has 10 atom stereocenters. The van der Waals surface area contributed by atoms with Crippen LogP contribution in [0.15, 0.2) is 0 Å². The van der Waals surface area contributed by atoms with E-state index in [1.807, 2.05) is 0 Å². The molecule has 8 heteroatoms. The number of Topliss-reactive ketones (excluding diaryl/α,β-unsaturated/α-hetero) is 2. The lowest BCUT2D eigenvalue weighted by molar-refractivity contribution is -0.225. The maximum absolute atomic E-state index is 12.9. The second kappa shape index (κ2) is 3.23. The standard InChI is InChI=1S/C15H12Cl4O4/c1-22-15(23-2)13(18)5-3-4-6(5)14(15,19)12(17)8(10(4)21)7(9(3)20)11(12,13)16/h3-8H,1-2H3/t3-,4+,5-,6+,7-,8+,11-,12+,13-,14+. The SMILES string of the molecule is COC1(OC)[C@]2(Cl)[C@H]3[C@H]4C(=O)[C@@H]5[C@@H]6C(=O)[C@H]4[C@H]3[C@@]1(Cl)[C@]6(Cl)[C@@]52Cl. The van der Waals surface area contributed by atoms with Gasteiger partial charge in [-0.2, -0.15) is 0 Å². The number of hydrogen-bond acceptors (Lipinski definition) is 4. The number of carbonyl (C=O) groups is 2. The summed E-state index contributed by atoms with van der Waals surface area (Å²) in [6.07, 6.45) is 0. The van der Waals surface area contributed by atoms with Crippen molar-refractivity contribution in [2.75, 3.05) is 14.2 Å². The maximum Gasteiger partial charge on any atom is 0.211 e.